The smallest absolute Gasteiger partial charge is 0.251 e. The lowest BCUT2D eigenvalue weighted by Crippen LogP contribution is -2.36. The summed E-state index contributed by atoms with van der Waals surface area (Å²) in [6.45, 7) is 0.225. The van der Waals surface area contributed by atoms with Crippen LogP contribution in [0.4, 0.5) is 0 Å². The Labute approximate surface area is 140 Å². The van der Waals surface area contributed by atoms with Crippen molar-refractivity contribution >= 4 is 11.8 Å². The first-order valence-corrected chi connectivity index (χ1v) is 7.45. The highest BCUT2D eigenvalue weighted by Crippen LogP contribution is 2.16. The van der Waals surface area contributed by atoms with E-state index in [1.807, 2.05) is 24.3 Å². The molecule has 2 N–H and O–H groups in total. The van der Waals surface area contributed by atoms with E-state index in [0.717, 1.165) is 5.56 Å². The van der Waals surface area contributed by atoms with Crippen molar-refractivity contribution in [2.24, 2.45) is 0 Å². The van der Waals surface area contributed by atoms with Crippen LogP contribution in [0.2, 0.25) is 0 Å². The minimum atomic E-state index is -0.332. The number of benzene rings is 2. The molecule has 0 atom stereocenters. The summed E-state index contributed by atoms with van der Waals surface area (Å²) in [5.41, 5.74) is 1.30. The lowest BCUT2D eigenvalue weighted by atomic mass is 10.2. The summed E-state index contributed by atoms with van der Waals surface area (Å²) in [7, 11) is 3.11. The SMILES string of the molecule is COc1cccc(C(=O)NCC(=O)NCc2ccccc2OC)c1. The maximum atomic E-state index is 12.0. The fraction of sp³-hybridized carbons (Fsp3) is 0.222. The standard InChI is InChI=1S/C18H20N2O4/c1-23-15-8-5-7-13(10-15)18(22)20-12-17(21)19-11-14-6-3-4-9-16(14)24-2/h3-10H,11-12H2,1-2H3,(H,19,21)(H,20,22). The van der Waals surface area contributed by atoms with E-state index in [9.17, 15) is 9.59 Å². The molecule has 0 aromatic heterocycles. The summed E-state index contributed by atoms with van der Waals surface area (Å²) in [5.74, 6) is 0.681. The van der Waals surface area contributed by atoms with Gasteiger partial charge in [0.2, 0.25) is 5.91 Å². The van der Waals surface area contributed by atoms with Gasteiger partial charge in [0.25, 0.3) is 5.91 Å². The van der Waals surface area contributed by atoms with Gasteiger partial charge < -0.3 is 20.1 Å². The first kappa shape index (κ1) is 17.3. The number of para-hydroxylation sites is 1. The van der Waals surface area contributed by atoms with Crippen LogP contribution in [-0.2, 0) is 11.3 Å². The van der Waals surface area contributed by atoms with E-state index in [0.29, 0.717) is 23.6 Å². The number of carbonyl (C=O) groups is 2. The van der Waals surface area contributed by atoms with Gasteiger partial charge in [0.15, 0.2) is 0 Å². The number of amides is 2. The third-order valence-electron chi connectivity index (χ3n) is 3.41. The molecule has 24 heavy (non-hydrogen) atoms. The second-order valence-electron chi connectivity index (χ2n) is 5.00. The molecule has 2 rings (SSSR count). The van der Waals surface area contributed by atoms with Crippen molar-refractivity contribution in [3.05, 3.63) is 59.7 Å². The predicted octanol–water partition coefficient (Wildman–Crippen LogP) is 1.75. The topological polar surface area (TPSA) is 76.7 Å². The minimum absolute atomic E-state index is 0.106. The molecule has 0 aliphatic heterocycles. The van der Waals surface area contributed by atoms with Crippen molar-refractivity contribution in [2.75, 3.05) is 20.8 Å². The molecule has 0 bridgehead atoms. The van der Waals surface area contributed by atoms with Gasteiger partial charge in [-0.25, -0.2) is 0 Å². The van der Waals surface area contributed by atoms with E-state index in [4.69, 9.17) is 9.47 Å². The average Bonchev–Trinajstić information content (AvgIpc) is 2.64. The van der Waals surface area contributed by atoms with Gasteiger partial charge >= 0.3 is 0 Å². The molecule has 0 radical (unpaired) electrons. The molecular formula is C18H20N2O4. The first-order chi connectivity index (χ1) is 11.6. The summed E-state index contributed by atoms with van der Waals surface area (Å²) in [5, 5.41) is 5.32. The van der Waals surface area contributed by atoms with Gasteiger partial charge in [0.05, 0.1) is 20.8 Å². The van der Waals surface area contributed by atoms with Crippen LogP contribution in [0.3, 0.4) is 0 Å². The zero-order valence-electron chi connectivity index (χ0n) is 13.7. The number of hydrogen-bond acceptors (Lipinski definition) is 4. The Morgan fingerprint density at radius 2 is 1.75 bits per heavy atom. The summed E-state index contributed by atoms with van der Waals surface area (Å²) in [4.78, 5) is 23.9. The maximum absolute atomic E-state index is 12.0. The summed E-state index contributed by atoms with van der Waals surface area (Å²) in [6, 6.07) is 14.2. The van der Waals surface area contributed by atoms with E-state index in [1.165, 1.54) is 7.11 Å². The highest BCUT2D eigenvalue weighted by Gasteiger charge is 2.09. The van der Waals surface area contributed by atoms with Crippen LogP contribution < -0.4 is 20.1 Å². The van der Waals surface area contributed by atoms with Crippen molar-refractivity contribution in [3.63, 3.8) is 0 Å². The Bertz CT molecular complexity index is 716. The molecule has 0 saturated heterocycles. The zero-order chi connectivity index (χ0) is 17.4. The van der Waals surface area contributed by atoms with Gasteiger partial charge in [0, 0.05) is 17.7 Å². The Kier molecular flexibility index (Phi) is 6.19. The van der Waals surface area contributed by atoms with Crippen molar-refractivity contribution in [1.82, 2.24) is 10.6 Å². The lowest BCUT2D eigenvalue weighted by Gasteiger charge is -2.10. The fourth-order valence-corrected chi connectivity index (χ4v) is 2.13. The van der Waals surface area contributed by atoms with E-state index in [-0.39, 0.29) is 18.4 Å². The van der Waals surface area contributed by atoms with E-state index >= 15 is 0 Å². The van der Waals surface area contributed by atoms with Gasteiger partial charge in [-0.05, 0) is 24.3 Å². The van der Waals surface area contributed by atoms with Crippen LogP contribution in [-0.4, -0.2) is 32.6 Å². The molecule has 2 aromatic rings. The van der Waals surface area contributed by atoms with Crippen LogP contribution in [0.5, 0.6) is 11.5 Å². The summed E-state index contributed by atoms with van der Waals surface area (Å²) >= 11 is 0. The Balaban J connectivity index is 1.83. The van der Waals surface area contributed by atoms with Gasteiger partial charge in [-0.15, -0.1) is 0 Å². The van der Waals surface area contributed by atoms with Crippen molar-refractivity contribution < 1.29 is 19.1 Å². The molecular weight excluding hydrogens is 308 g/mol. The highest BCUT2D eigenvalue weighted by atomic mass is 16.5. The van der Waals surface area contributed by atoms with Crippen molar-refractivity contribution in [2.45, 2.75) is 6.54 Å². The van der Waals surface area contributed by atoms with Crippen LogP contribution in [0, 0.1) is 0 Å². The fourth-order valence-electron chi connectivity index (χ4n) is 2.13. The second kappa shape index (κ2) is 8.57. The van der Waals surface area contributed by atoms with E-state index in [2.05, 4.69) is 10.6 Å². The van der Waals surface area contributed by atoms with Crippen LogP contribution in [0.1, 0.15) is 15.9 Å². The maximum Gasteiger partial charge on any atom is 0.251 e. The third-order valence-corrected chi connectivity index (χ3v) is 3.41. The molecule has 0 saturated carbocycles. The minimum Gasteiger partial charge on any atom is -0.497 e. The molecule has 126 valence electrons. The molecule has 2 amide bonds. The van der Waals surface area contributed by atoms with Crippen LogP contribution in [0.15, 0.2) is 48.5 Å². The highest BCUT2D eigenvalue weighted by molar-refractivity contribution is 5.96. The largest absolute Gasteiger partial charge is 0.497 e. The van der Waals surface area contributed by atoms with Gasteiger partial charge in [-0.2, -0.15) is 0 Å². The van der Waals surface area contributed by atoms with Gasteiger partial charge in [0.1, 0.15) is 11.5 Å². The molecule has 6 nitrogen and oxygen atoms in total. The summed E-state index contributed by atoms with van der Waals surface area (Å²) in [6.07, 6.45) is 0. The Morgan fingerprint density at radius 3 is 2.50 bits per heavy atom. The quantitative estimate of drug-likeness (QED) is 0.812. The van der Waals surface area contributed by atoms with Crippen LogP contribution in [0.25, 0.3) is 0 Å². The number of rotatable bonds is 7. The lowest BCUT2D eigenvalue weighted by molar-refractivity contribution is -0.120. The van der Waals surface area contributed by atoms with Crippen LogP contribution >= 0.6 is 0 Å². The predicted molar refractivity (Wildman–Crippen MR) is 90.2 cm³/mol. The second-order valence-corrected chi connectivity index (χ2v) is 5.00. The molecule has 0 fully saturated rings. The molecule has 2 aromatic carbocycles. The zero-order valence-corrected chi connectivity index (χ0v) is 13.7. The third kappa shape index (κ3) is 4.74. The summed E-state index contributed by atoms with van der Waals surface area (Å²) < 4.78 is 10.3. The Hall–Kier alpha value is -3.02. The normalized spacial score (nSPS) is 9.92. The van der Waals surface area contributed by atoms with Gasteiger partial charge in [-0.1, -0.05) is 24.3 Å². The molecule has 0 heterocycles. The molecule has 0 unspecified atom stereocenters. The molecule has 6 heteroatoms. The number of methoxy groups -OCH3 is 2. The van der Waals surface area contributed by atoms with E-state index in [1.54, 1.807) is 31.4 Å². The number of nitrogens with one attached hydrogen (secondary N) is 2. The molecule has 0 aliphatic carbocycles. The monoisotopic (exact) mass is 328 g/mol. The number of carbonyl (C=O) groups excluding carboxylic acids is 2. The molecule has 0 aliphatic rings. The average molecular weight is 328 g/mol. The molecule has 0 spiro atoms. The van der Waals surface area contributed by atoms with Crippen molar-refractivity contribution in [1.29, 1.82) is 0 Å². The Morgan fingerprint density at radius 1 is 0.958 bits per heavy atom. The van der Waals surface area contributed by atoms with E-state index < -0.39 is 0 Å². The number of hydrogen-bond donors (Lipinski definition) is 2. The first-order valence-electron chi connectivity index (χ1n) is 7.45. The van der Waals surface area contributed by atoms with Gasteiger partial charge in [-0.3, -0.25) is 9.59 Å². The number of ether oxygens (including phenoxy) is 2. The van der Waals surface area contributed by atoms with Crippen molar-refractivity contribution in [3.8, 4) is 11.5 Å².